The van der Waals surface area contributed by atoms with E-state index in [1.807, 2.05) is 25.4 Å². The van der Waals surface area contributed by atoms with Crippen molar-refractivity contribution < 1.29 is 9.53 Å². The van der Waals surface area contributed by atoms with Crippen LogP contribution in [0.3, 0.4) is 0 Å². The van der Waals surface area contributed by atoms with E-state index in [4.69, 9.17) is 9.72 Å². The first-order chi connectivity index (χ1) is 14.7. The van der Waals surface area contributed by atoms with Crippen LogP contribution in [0.15, 0.2) is 11.4 Å². The Bertz CT molecular complexity index is 1100. The summed E-state index contributed by atoms with van der Waals surface area (Å²) in [6.45, 7) is 12.8. The van der Waals surface area contributed by atoms with Crippen LogP contribution in [0, 0.1) is 6.92 Å². The highest BCUT2D eigenvalue weighted by molar-refractivity contribution is 7.14. The molecule has 4 heterocycles. The summed E-state index contributed by atoms with van der Waals surface area (Å²) in [7, 11) is 1.86. The third-order valence-electron chi connectivity index (χ3n) is 5.48. The molecule has 0 radical (unpaired) electrons. The zero-order valence-corrected chi connectivity index (χ0v) is 19.8. The van der Waals surface area contributed by atoms with Crippen molar-refractivity contribution >= 4 is 33.4 Å². The van der Waals surface area contributed by atoms with Gasteiger partial charge in [-0.15, -0.1) is 11.3 Å². The average molecular weight is 443 g/mol. The summed E-state index contributed by atoms with van der Waals surface area (Å²) in [5, 5.41) is 10.9. The maximum Gasteiger partial charge on any atom is 0.258 e. The first-order valence-electron chi connectivity index (χ1n) is 10.7. The molecule has 1 fully saturated rings. The molecule has 31 heavy (non-hydrogen) atoms. The first kappa shape index (κ1) is 21.9. The van der Waals surface area contributed by atoms with Crippen molar-refractivity contribution in [2.75, 3.05) is 18.4 Å². The molecule has 2 atom stereocenters. The largest absolute Gasteiger partial charge is 0.373 e. The van der Waals surface area contributed by atoms with Crippen molar-refractivity contribution in [1.82, 2.24) is 24.6 Å². The Kier molecular flexibility index (Phi) is 6.09. The third-order valence-corrected chi connectivity index (χ3v) is 6.28. The van der Waals surface area contributed by atoms with E-state index in [0.29, 0.717) is 10.7 Å². The number of hydrogen-bond donors (Lipinski definition) is 1. The van der Waals surface area contributed by atoms with Gasteiger partial charge in [0, 0.05) is 37.8 Å². The molecule has 9 heteroatoms. The molecule has 0 aromatic carbocycles. The highest BCUT2D eigenvalue weighted by Crippen LogP contribution is 2.26. The predicted molar refractivity (Wildman–Crippen MR) is 123 cm³/mol. The van der Waals surface area contributed by atoms with Crippen LogP contribution in [0.4, 0.5) is 5.13 Å². The molecule has 0 bridgehead atoms. The number of amides is 1. The number of hydrogen-bond acceptors (Lipinski definition) is 7. The van der Waals surface area contributed by atoms with Crippen molar-refractivity contribution in [1.29, 1.82) is 0 Å². The Hall–Kier alpha value is -2.36. The van der Waals surface area contributed by atoms with Crippen LogP contribution in [-0.4, -0.2) is 55.9 Å². The summed E-state index contributed by atoms with van der Waals surface area (Å²) >= 11 is 1.45. The molecule has 1 saturated heterocycles. The molecule has 1 amide bonds. The number of anilines is 1. The van der Waals surface area contributed by atoms with Crippen LogP contribution in [-0.2, 0) is 18.3 Å². The van der Waals surface area contributed by atoms with Gasteiger partial charge in [-0.3, -0.25) is 19.7 Å². The minimum Gasteiger partial charge on any atom is -0.373 e. The number of thiazole rings is 1. The van der Waals surface area contributed by atoms with Gasteiger partial charge >= 0.3 is 0 Å². The van der Waals surface area contributed by atoms with Gasteiger partial charge in [0.15, 0.2) is 10.8 Å². The standard InChI is InChI=1S/C22H30N6O2S/c1-12(2)18-7-17(19-15(5)26-27(6)20(19)24-18)21(29)25-22-23-16(11-31-22)10-28-8-13(3)30-14(4)9-28/h7,11-14H,8-10H2,1-6H3,(H,23,25,29)/t13-,14-/m0/s1. The van der Waals surface area contributed by atoms with Crippen LogP contribution in [0.25, 0.3) is 11.0 Å². The smallest absolute Gasteiger partial charge is 0.258 e. The Balaban J connectivity index is 1.55. The van der Waals surface area contributed by atoms with E-state index in [2.05, 4.69) is 48.0 Å². The molecular weight excluding hydrogens is 412 g/mol. The molecule has 1 aliphatic heterocycles. The second-order valence-electron chi connectivity index (χ2n) is 8.71. The van der Waals surface area contributed by atoms with Gasteiger partial charge in [-0.05, 0) is 32.8 Å². The van der Waals surface area contributed by atoms with E-state index < -0.39 is 0 Å². The number of rotatable bonds is 5. The molecule has 4 rings (SSSR count). The van der Waals surface area contributed by atoms with Gasteiger partial charge in [0.05, 0.1) is 34.5 Å². The topological polar surface area (TPSA) is 85.2 Å². The van der Waals surface area contributed by atoms with E-state index in [1.54, 1.807) is 4.68 Å². The molecule has 3 aromatic rings. The Morgan fingerprint density at radius 1 is 1.29 bits per heavy atom. The number of carbonyl (C=O) groups excluding carboxylic acids is 1. The zero-order valence-electron chi connectivity index (χ0n) is 19.0. The summed E-state index contributed by atoms with van der Waals surface area (Å²) in [6.07, 6.45) is 0.432. The fraction of sp³-hybridized carbons (Fsp3) is 0.545. The first-order valence-corrected chi connectivity index (χ1v) is 11.6. The maximum absolute atomic E-state index is 13.2. The number of ether oxygens (including phenoxy) is 1. The number of fused-ring (bicyclic) bond motifs is 1. The van der Waals surface area contributed by atoms with Gasteiger partial charge in [0.2, 0.25) is 0 Å². The second kappa shape index (κ2) is 8.64. The summed E-state index contributed by atoms with van der Waals surface area (Å²) in [5.74, 6) is 0.0239. The lowest BCUT2D eigenvalue weighted by molar-refractivity contribution is -0.0707. The Morgan fingerprint density at radius 3 is 2.68 bits per heavy atom. The highest BCUT2D eigenvalue weighted by atomic mass is 32.1. The normalized spacial score (nSPS) is 20.0. The van der Waals surface area contributed by atoms with E-state index in [-0.39, 0.29) is 24.0 Å². The van der Waals surface area contributed by atoms with Gasteiger partial charge < -0.3 is 4.74 Å². The van der Waals surface area contributed by atoms with Crippen molar-refractivity contribution in [3.8, 4) is 0 Å². The van der Waals surface area contributed by atoms with Gasteiger partial charge in [0.25, 0.3) is 5.91 Å². The van der Waals surface area contributed by atoms with Crippen molar-refractivity contribution in [2.24, 2.45) is 7.05 Å². The molecule has 0 aliphatic carbocycles. The van der Waals surface area contributed by atoms with E-state index in [0.717, 1.165) is 47.7 Å². The number of carbonyl (C=O) groups is 1. The molecule has 0 saturated carbocycles. The predicted octanol–water partition coefficient (Wildman–Crippen LogP) is 3.72. The van der Waals surface area contributed by atoms with E-state index in [9.17, 15) is 4.79 Å². The van der Waals surface area contributed by atoms with E-state index >= 15 is 0 Å². The molecule has 1 aliphatic rings. The lowest BCUT2D eigenvalue weighted by atomic mass is 10.0. The molecule has 166 valence electrons. The summed E-state index contributed by atoms with van der Waals surface area (Å²) in [4.78, 5) is 24.9. The van der Waals surface area contributed by atoms with Crippen LogP contribution in [0.1, 0.15) is 61.1 Å². The molecule has 0 unspecified atom stereocenters. The number of nitrogens with one attached hydrogen (secondary N) is 1. The number of nitrogens with zero attached hydrogens (tertiary/aromatic N) is 5. The second-order valence-corrected chi connectivity index (χ2v) is 9.56. The Labute approximate surface area is 186 Å². The molecule has 3 aromatic heterocycles. The lowest BCUT2D eigenvalue weighted by Crippen LogP contribution is -2.44. The van der Waals surface area contributed by atoms with E-state index in [1.165, 1.54) is 11.3 Å². The Morgan fingerprint density at radius 2 is 2.00 bits per heavy atom. The van der Waals surface area contributed by atoms with Crippen LogP contribution < -0.4 is 5.32 Å². The van der Waals surface area contributed by atoms with Crippen molar-refractivity contribution in [3.05, 3.63) is 34.1 Å². The SMILES string of the molecule is Cc1nn(C)c2nc(C(C)C)cc(C(=O)Nc3nc(CN4C[C@H](C)O[C@@H](C)C4)cs3)c12. The summed E-state index contributed by atoms with van der Waals surface area (Å²) in [5.41, 5.74) is 3.94. The highest BCUT2D eigenvalue weighted by Gasteiger charge is 2.24. The van der Waals surface area contributed by atoms with Gasteiger partial charge in [-0.25, -0.2) is 9.97 Å². The fourth-order valence-corrected chi connectivity index (χ4v) is 4.88. The van der Waals surface area contributed by atoms with Gasteiger partial charge in [0.1, 0.15) is 0 Å². The monoisotopic (exact) mass is 442 g/mol. The number of aryl methyl sites for hydroxylation is 2. The molecular formula is C22H30N6O2S. The van der Waals surface area contributed by atoms with Crippen LogP contribution >= 0.6 is 11.3 Å². The minimum absolute atomic E-state index is 0.181. The lowest BCUT2D eigenvalue weighted by Gasteiger charge is -2.34. The molecule has 0 spiro atoms. The third kappa shape index (κ3) is 4.63. The summed E-state index contributed by atoms with van der Waals surface area (Å²) < 4.78 is 7.54. The molecule has 8 nitrogen and oxygen atoms in total. The van der Waals surface area contributed by atoms with Crippen LogP contribution in [0.2, 0.25) is 0 Å². The van der Waals surface area contributed by atoms with Gasteiger partial charge in [-0.1, -0.05) is 13.8 Å². The number of morpholine rings is 1. The maximum atomic E-state index is 13.2. The quantitative estimate of drug-likeness (QED) is 0.648. The average Bonchev–Trinajstić information content (AvgIpc) is 3.23. The van der Waals surface area contributed by atoms with Gasteiger partial charge in [-0.2, -0.15) is 5.10 Å². The molecule has 1 N–H and O–H groups in total. The van der Waals surface area contributed by atoms with Crippen molar-refractivity contribution in [3.63, 3.8) is 0 Å². The summed E-state index contributed by atoms with van der Waals surface area (Å²) in [6, 6.07) is 1.88. The minimum atomic E-state index is -0.181. The number of aromatic nitrogens is 4. The van der Waals surface area contributed by atoms with Crippen molar-refractivity contribution in [2.45, 2.75) is 59.3 Å². The zero-order chi connectivity index (χ0) is 22.3. The number of pyridine rings is 1. The fourth-order valence-electron chi connectivity index (χ4n) is 4.18. The van der Waals surface area contributed by atoms with Crippen LogP contribution in [0.5, 0.6) is 0 Å².